The number of nitrogens with one attached hydrogen (secondary N) is 1. The summed E-state index contributed by atoms with van der Waals surface area (Å²) in [6.45, 7) is 3.05. The molecule has 1 N–H and O–H groups in total. The summed E-state index contributed by atoms with van der Waals surface area (Å²) in [6, 6.07) is 20.0. The minimum atomic E-state index is -0.213. The largest absolute Gasteiger partial charge is 0.295 e. The fraction of sp³-hybridized carbons (Fsp3) is 0.185. The highest BCUT2D eigenvalue weighted by atomic mass is 16.1. The lowest BCUT2D eigenvalue weighted by molar-refractivity contribution is -0.114. The topological polar surface area (TPSA) is 72.0 Å². The van der Waals surface area contributed by atoms with Crippen molar-refractivity contribution in [1.82, 2.24) is 9.97 Å². The molecule has 0 saturated heterocycles. The van der Waals surface area contributed by atoms with Gasteiger partial charge in [0.15, 0.2) is 5.78 Å². The van der Waals surface area contributed by atoms with Gasteiger partial charge in [0.1, 0.15) is 0 Å². The predicted octanol–water partition coefficient (Wildman–Crippen LogP) is 5.61. The van der Waals surface area contributed by atoms with Crippen molar-refractivity contribution in [1.29, 1.82) is 0 Å². The molecular weight excluding hydrogens is 398 g/mol. The predicted molar refractivity (Wildman–Crippen MR) is 127 cm³/mol. The molecule has 0 saturated carbocycles. The van der Waals surface area contributed by atoms with Crippen LogP contribution >= 0.6 is 0 Å². The zero-order chi connectivity index (χ0) is 22.2. The number of Topliss-reactive ketones (excluding diaryl/α,β-unsaturated/α-hetero) is 1. The van der Waals surface area contributed by atoms with Gasteiger partial charge in [-0.1, -0.05) is 60.7 Å². The number of rotatable bonds is 3. The van der Waals surface area contributed by atoms with Crippen LogP contribution in [0.3, 0.4) is 0 Å². The van der Waals surface area contributed by atoms with Crippen molar-refractivity contribution in [2.45, 2.75) is 33.1 Å². The molecule has 0 aliphatic heterocycles. The summed E-state index contributed by atoms with van der Waals surface area (Å²) in [4.78, 5) is 33.6. The van der Waals surface area contributed by atoms with Crippen LogP contribution in [0.1, 0.15) is 41.8 Å². The van der Waals surface area contributed by atoms with Crippen LogP contribution in [0.5, 0.6) is 0 Å². The van der Waals surface area contributed by atoms with Gasteiger partial charge in [0.05, 0.1) is 11.4 Å². The number of aromatic nitrogens is 2. The number of carbonyl (C=O) groups is 2. The molecule has 4 aromatic rings. The first kappa shape index (κ1) is 20.1. The van der Waals surface area contributed by atoms with Gasteiger partial charge in [0.25, 0.3) is 0 Å². The van der Waals surface area contributed by atoms with E-state index in [1.165, 1.54) is 12.5 Å². The van der Waals surface area contributed by atoms with Crippen LogP contribution in [0.2, 0.25) is 0 Å². The molecule has 0 radical (unpaired) electrons. The van der Waals surface area contributed by atoms with Crippen molar-refractivity contribution in [3.63, 3.8) is 0 Å². The first-order chi connectivity index (χ1) is 15.5. The van der Waals surface area contributed by atoms with Crippen LogP contribution < -0.4 is 5.32 Å². The molecule has 0 unspecified atom stereocenters. The molecular formula is C27H23N3O2. The zero-order valence-electron chi connectivity index (χ0n) is 18.1. The van der Waals surface area contributed by atoms with Gasteiger partial charge in [-0.3, -0.25) is 14.9 Å². The van der Waals surface area contributed by atoms with Crippen molar-refractivity contribution in [3.8, 4) is 22.5 Å². The molecule has 5 rings (SSSR count). The van der Waals surface area contributed by atoms with E-state index in [2.05, 4.69) is 23.5 Å². The maximum atomic E-state index is 12.2. The Hall–Kier alpha value is -3.86. The molecule has 0 fully saturated rings. The molecule has 158 valence electrons. The van der Waals surface area contributed by atoms with Gasteiger partial charge in [-0.05, 0) is 42.5 Å². The average molecular weight is 422 g/mol. The summed E-state index contributed by atoms with van der Waals surface area (Å²) in [5.74, 6) is 0.111. The summed E-state index contributed by atoms with van der Waals surface area (Å²) in [5.41, 5.74) is 6.71. The van der Waals surface area contributed by atoms with Gasteiger partial charge in [0.2, 0.25) is 11.9 Å². The van der Waals surface area contributed by atoms with Gasteiger partial charge < -0.3 is 0 Å². The van der Waals surface area contributed by atoms with Gasteiger partial charge >= 0.3 is 0 Å². The maximum absolute atomic E-state index is 12.2. The Morgan fingerprint density at radius 2 is 1.47 bits per heavy atom. The van der Waals surface area contributed by atoms with E-state index in [9.17, 15) is 9.59 Å². The highest BCUT2D eigenvalue weighted by Gasteiger charge is 2.23. The smallest absolute Gasteiger partial charge is 0.230 e. The molecule has 32 heavy (non-hydrogen) atoms. The Morgan fingerprint density at radius 3 is 2.22 bits per heavy atom. The number of fused-ring (bicyclic) bond motifs is 4. The number of carbonyl (C=O) groups excluding carboxylic acids is 2. The summed E-state index contributed by atoms with van der Waals surface area (Å²) >= 11 is 0. The minimum Gasteiger partial charge on any atom is -0.295 e. The molecule has 3 aromatic carbocycles. The fourth-order valence-electron chi connectivity index (χ4n) is 4.62. The van der Waals surface area contributed by atoms with E-state index in [0.29, 0.717) is 11.5 Å². The number of hydrogen-bond donors (Lipinski definition) is 1. The molecule has 1 aromatic heterocycles. The third-order valence-electron chi connectivity index (χ3n) is 6.00. The Morgan fingerprint density at radius 1 is 0.781 bits per heavy atom. The van der Waals surface area contributed by atoms with Gasteiger partial charge in [-0.2, -0.15) is 0 Å². The SMILES string of the molecule is CC(=O)Nc1nc2c(c(-c3ccc(C(C)=O)c4ccccc34)n1)CCCc1ccccc1-2. The van der Waals surface area contributed by atoms with E-state index >= 15 is 0 Å². The monoisotopic (exact) mass is 421 g/mol. The lowest BCUT2D eigenvalue weighted by Gasteiger charge is -2.17. The molecule has 1 heterocycles. The Labute approximate surface area is 186 Å². The third-order valence-corrected chi connectivity index (χ3v) is 6.00. The van der Waals surface area contributed by atoms with Crippen LogP contribution in [0.25, 0.3) is 33.3 Å². The van der Waals surface area contributed by atoms with Crippen molar-refractivity contribution < 1.29 is 9.59 Å². The van der Waals surface area contributed by atoms with Gasteiger partial charge in [-0.15, -0.1) is 0 Å². The van der Waals surface area contributed by atoms with Gasteiger partial charge in [-0.25, -0.2) is 9.97 Å². The first-order valence-corrected chi connectivity index (χ1v) is 10.8. The van der Waals surface area contributed by atoms with Crippen molar-refractivity contribution in [2.75, 3.05) is 5.32 Å². The number of amides is 1. The average Bonchev–Trinajstić information content (AvgIpc) is 2.97. The maximum Gasteiger partial charge on any atom is 0.230 e. The molecule has 0 atom stereocenters. The summed E-state index contributed by atoms with van der Waals surface area (Å²) in [7, 11) is 0. The highest BCUT2D eigenvalue weighted by Crippen LogP contribution is 2.39. The second kappa shape index (κ2) is 8.00. The Bertz CT molecular complexity index is 1390. The number of benzene rings is 3. The first-order valence-electron chi connectivity index (χ1n) is 10.8. The number of nitrogens with zero attached hydrogens (tertiary/aromatic N) is 2. The van der Waals surface area contributed by atoms with E-state index in [-0.39, 0.29) is 11.7 Å². The highest BCUT2D eigenvalue weighted by molar-refractivity contribution is 6.11. The molecule has 0 spiro atoms. The molecule has 0 bridgehead atoms. The summed E-state index contributed by atoms with van der Waals surface area (Å²) in [6.07, 6.45) is 2.79. The lowest BCUT2D eigenvalue weighted by atomic mass is 9.92. The van der Waals surface area contributed by atoms with Crippen molar-refractivity contribution in [3.05, 3.63) is 77.4 Å². The van der Waals surface area contributed by atoms with Crippen LogP contribution in [-0.4, -0.2) is 21.7 Å². The Kier molecular flexibility index (Phi) is 5.02. The number of ketones is 1. The van der Waals surface area contributed by atoms with E-state index < -0.39 is 0 Å². The van der Waals surface area contributed by atoms with Gasteiger partial charge in [0, 0.05) is 29.2 Å². The van der Waals surface area contributed by atoms with E-state index in [4.69, 9.17) is 9.97 Å². The third kappa shape index (κ3) is 3.46. The second-order valence-corrected chi connectivity index (χ2v) is 8.18. The van der Waals surface area contributed by atoms with Crippen LogP contribution in [0, 0.1) is 0 Å². The lowest BCUT2D eigenvalue weighted by Crippen LogP contribution is -2.12. The standard InChI is InChI=1S/C27H23N3O2/c1-16(31)19-14-15-23(22-12-6-5-11-21(19)22)26-24-13-7-9-18-8-3-4-10-20(18)25(24)29-27(30-26)28-17(2)32/h3-6,8,10-12,14-15H,7,9,13H2,1-2H3,(H,28,29,30,32). The van der Waals surface area contributed by atoms with Crippen molar-refractivity contribution >= 4 is 28.4 Å². The molecule has 1 amide bonds. The molecule has 1 aliphatic carbocycles. The second-order valence-electron chi connectivity index (χ2n) is 8.18. The van der Waals surface area contributed by atoms with Crippen LogP contribution in [0.4, 0.5) is 5.95 Å². The quantitative estimate of drug-likeness (QED) is 0.436. The molecule has 5 nitrogen and oxygen atoms in total. The minimum absolute atomic E-state index is 0.0297. The number of aryl methyl sites for hydroxylation is 1. The number of anilines is 1. The zero-order valence-corrected chi connectivity index (χ0v) is 18.1. The van der Waals surface area contributed by atoms with Crippen LogP contribution in [0.15, 0.2) is 60.7 Å². The fourth-order valence-corrected chi connectivity index (χ4v) is 4.62. The van der Waals surface area contributed by atoms with E-state index in [0.717, 1.165) is 58.1 Å². The summed E-state index contributed by atoms with van der Waals surface area (Å²) in [5, 5.41) is 4.65. The van der Waals surface area contributed by atoms with E-state index in [1.54, 1.807) is 6.92 Å². The van der Waals surface area contributed by atoms with Crippen LogP contribution in [-0.2, 0) is 17.6 Å². The summed E-state index contributed by atoms with van der Waals surface area (Å²) < 4.78 is 0. The number of hydrogen-bond acceptors (Lipinski definition) is 4. The molecule has 5 heteroatoms. The molecule has 1 aliphatic rings. The van der Waals surface area contributed by atoms with E-state index in [1.807, 2.05) is 42.5 Å². The Balaban J connectivity index is 1.84. The normalized spacial score (nSPS) is 12.6. The van der Waals surface area contributed by atoms with Crippen molar-refractivity contribution in [2.24, 2.45) is 0 Å².